The zero-order valence-corrected chi connectivity index (χ0v) is 23.1. The third-order valence-corrected chi connectivity index (χ3v) is 7.86. The summed E-state index contributed by atoms with van der Waals surface area (Å²) in [6.07, 6.45) is 8.57. The lowest BCUT2D eigenvalue weighted by atomic mass is 10.0. The summed E-state index contributed by atoms with van der Waals surface area (Å²) in [6.45, 7) is 2.48. The number of hydrogen-bond donors (Lipinski definition) is 1. The molecule has 40 heavy (non-hydrogen) atoms. The summed E-state index contributed by atoms with van der Waals surface area (Å²) >= 11 is 6.30. The second-order valence-electron chi connectivity index (χ2n) is 10.6. The molecule has 2 aromatic heterocycles. The van der Waals surface area contributed by atoms with Crippen LogP contribution in [0.15, 0.2) is 60.9 Å². The second-order valence-corrected chi connectivity index (χ2v) is 11.0. The topological polar surface area (TPSA) is 89.3 Å². The van der Waals surface area contributed by atoms with Crippen molar-refractivity contribution < 1.29 is 14.3 Å². The van der Waals surface area contributed by atoms with Crippen LogP contribution in [0.5, 0.6) is 0 Å². The van der Waals surface area contributed by atoms with E-state index in [1.165, 1.54) is 0 Å². The van der Waals surface area contributed by atoms with Gasteiger partial charge in [0.2, 0.25) is 5.91 Å². The monoisotopic (exact) mass is 557 g/mol. The summed E-state index contributed by atoms with van der Waals surface area (Å²) in [5.74, 6) is 0.0208. The average molecular weight is 558 g/mol. The fourth-order valence-corrected chi connectivity index (χ4v) is 5.68. The van der Waals surface area contributed by atoms with Crippen LogP contribution in [-0.2, 0) is 29.0 Å². The lowest BCUT2D eigenvalue weighted by Gasteiger charge is -2.23. The summed E-state index contributed by atoms with van der Waals surface area (Å²) in [4.78, 5) is 31.2. The predicted octanol–water partition coefficient (Wildman–Crippen LogP) is 5.43. The maximum atomic E-state index is 13.1. The van der Waals surface area contributed by atoms with Gasteiger partial charge in [0.15, 0.2) is 6.23 Å². The van der Waals surface area contributed by atoms with Crippen LogP contribution >= 0.6 is 11.6 Å². The first-order valence-corrected chi connectivity index (χ1v) is 14.3. The van der Waals surface area contributed by atoms with Crippen LogP contribution in [0, 0.1) is 0 Å². The molecule has 2 aliphatic heterocycles. The van der Waals surface area contributed by atoms with Gasteiger partial charge in [-0.25, -0.2) is 4.68 Å². The van der Waals surface area contributed by atoms with E-state index in [1.807, 2.05) is 33.8 Å². The summed E-state index contributed by atoms with van der Waals surface area (Å²) < 4.78 is 7.89. The van der Waals surface area contributed by atoms with Gasteiger partial charge in [-0.1, -0.05) is 35.9 Å². The van der Waals surface area contributed by atoms with Crippen molar-refractivity contribution in [2.24, 2.45) is 0 Å². The highest BCUT2D eigenvalue weighted by atomic mass is 35.5. The van der Waals surface area contributed by atoms with Crippen LogP contribution in [-0.4, -0.2) is 44.6 Å². The Kier molecular flexibility index (Phi) is 7.80. The van der Waals surface area contributed by atoms with Gasteiger partial charge in [0, 0.05) is 48.9 Å². The number of nitrogens with one attached hydrogen (secondary N) is 1. The van der Waals surface area contributed by atoms with Crippen LogP contribution in [0.2, 0.25) is 5.02 Å². The number of likely N-dealkylation sites (tertiary alicyclic amines) is 1. The maximum absolute atomic E-state index is 13.1. The van der Waals surface area contributed by atoms with Gasteiger partial charge in [-0.2, -0.15) is 5.10 Å². The van der Waals surface area contributed by atoms with Crippen molar-refractivity contribution in [3.05, 3.63) is 93.9 Å². The molecule has 4 aromatic rings. The average Bonchev–Trinajstić information content (AvgIpc) is 3.55. The number of hydrogen-bond acceptors (Lipinski definition) is 5. The summed E-state index contributed by atoms with van der Waals surface area (Å²) in [5.41, 5.74) is 5.39. The first-order valence-electron chi connectivity index (χ1n) is 13.9. The molecule has 2 saturated heterocycles. The fourth-order valence-electron chi connectivity index (χ4n) is 5.51. The Labute approximate surface area is 238 Å². The molecule has 1 N–H and O–H groups in total. The molecule has 0 bridgehead atoms. The number of ether oxygens (including phenoxy) is 1. The molecule has 1 unspecified atom stereocenters. The van der Waals surface area contributed by atoms with Gasteiger partial charge in [0.05, 0.1) is 23.3 Å². The Bertz CT molecular complexity index is 1530. The molecule has 0 radical (unpaired) electrons. The molecule has 9 heteroatoms. The number of benzene rings is 2. The van der Waals surface area contributed by atoms with Gasteiger partial charge in [-0.15, -0.1) is 0 Å². The number of carbonyl (C=O) groups is 2. The first-order chi connectivity index (χ1) is 19.5. The molecule has 2 amide bonds. The van der Waals surface area contributed by atoms with E-state index in [1.54, 1.807) is 12.4 Å². The first kappa shape index (κ1) is 26.5. The van der Waals surface area contributed by atoms with Crippen LogP contribution in [0.3, 0.4) is 0 Å². The lowest BCUT2D eigenvalue weighted by Crippen LogP contribution is -2.24. The van der Waals surface area contributed by atoms with E-state index in [9.17, 15) is 9.59 Å². The molecule has 4 heterocycles. The number of nitrogens with zero attached hydrogens (tertiary/aromatic N) is 4. The van der Waals surface area contributed by atoms with E-state index in [0.29, 0.717) is 30.0 Å². The molecule has 2 aliphatic rings. The minimum atomic E-state index is -0.210. The minimum absolute atomic E-state index is 0.112. The number of amides is 2. The van der Waals surface area contributed by atoms with Crippen molar-refractivity contribution in [3.63, 3.8) is 0 Å². The summed E-state index contributed by atoms with van der Waals surface area (Å²) in [7, 11) is 0. The molecule has 0 saturated carbocycles. The molecule has 2 fully saturated rings. The van der Waals surface area contributed by atoms with E-state index in [2.05, 4.69) is 34.6 Å². The maximum Gasteiger partial charge on any atom is 0.253 e. The lowest BCUT2D eigenvalue weighted by molar-refractivity contribution is -0.128. The SMILES string of the molecule is O=C(NCc1nn(C2CCCCO2)c2ccc(Cl)cc12)c1cncc(Cc2ccc(CN3CCCC3=O)cc2)c1. The van der Waals surface area contributed by atoms with E-state index in [0.717, 1.165) is 72.1 Å². The third kappa shape index (κ3) is 5.88. The van der Waals surface area contributed by atoms with Crippen molar-refractivity contribution in [2.75, 3.05) is 13.2 Å². The number of aromatic nitrogens is 3. The second kappa shape index (κ2) is 11.8. The normalized spacial score (nSPS) is 17.5. The van der Waals surface area contributed by atoms with Gasteiger partial charge in [0.25, 0.3) is 5.91 Å². The van der Waals surface area contributed by atoms with E-state index in [-0.39, 0.29) is 24.6 Å². The highest BCUT2D eigenvalue weighted by Gasteiger charge is 2.22. The highest BCUT2D eigenvalue weighted by Crippen LogP contribution is 2.30. The fraction of sp³-hybridized carbons (Fsp3) is 0.355. The third-order valence-electron chi connectivity index (χ3n) is 7.62. The summed E-state index contributed by atoms with van der Waals surface area (Å²) in [5, 5.41) is 9.36. The smallest absolute Gasteiger partial charge is 0.253 e. The van der Waals surface area contributed by atoms with Crippen molar-refractivity contribution in [3.8, 4) is 0 Å². The van der Waals surface area contributed by atoms with Crippen LogP contribution in [0.1, 0.15) is 71.1 Å². The number of rotatable bonds is 8. The standard InChI is InChI=1S/C31H32ClN5O3/c32-25-10-11-28-26(16-25)27(35-37(28)30-5-1-2-13-40-30)19-34-31(39)24-15-23(17-33-18-24)14-21-6-8-22(9-7-21)20-36-12-3-4-29(36)38/h6-11,15-18,30H,1-5,12-14,19-20H2,(H,34,39). The van der Waals surface area contributed by atoms with Gasteiger partial charge in [0.1, 0.15) is 0 Å². The van der Waals surface area contributed by atoms with Crippen molar-refractivity contribution in [2.45, 2.75) is 57.8 Å². The zero-order valence-electron chi connectivity index (χ0n) is 22.3. The predicted molar refractivity (Wildman–Crippen MR) is 153 cm³/mol. The quantitative estimate of drug-likeness (QED) is 0.312. The Morgan fingerprint density at radius 2 is 1.88 bits per heavy atom. The molecule has 0 aliphatic carbocycles. The van der Waals surface area contributed by atoms with Gasteiger partial charge >= 0.3 is 0 Å². The van der Waals surface area contributed by atoms with E-state index < -0.39 is 0 Å². The number of pyridine rings is 1. The zero-order chi connectivity index (χ0) is 27.5. The summed E-state index contributed by atoms with van der Waals surface area (Å²) in [6, 6.07) is 15.9. The van der Waals surface area contributed by atoms with Crippen LogP contribution in [0.4, 0.5) is 0 Å². The van der Waals surface area contributed by atoms with Crippen LogP contribution in [0.25, 0.3) is 10.9 Å². The Morgan fingerprint density at radius 3 is 2.65 bits per heavy atom. The Morgan fingerprint density at radius 1 is 1.02 bits per heavy atom. The van der Waals surface area contributed by atoms with Gasteiger partial charge < -0.3 is 15.0 Å². The highest BCUT2D eigenvalue weighted by molar-refractivity contribution is 6.31. The molecule has 8 nitrogen and oxygen atoms in total. The number of halogens is 1. The number of carbonyl (C=O) groups excluding carboxylic acids is 2. The van der Waals surface area contributed by atoms with E-state index in [4.69, 9.17) is 21.4 Å². The van der Waals surface area contributed by atoms with Gasteiger partial charge in [-0.3, -0.25) is 14.6 Å². The van der Waals surface area contributed by atoms with Crippen molar-refractivity contribution >= 4 is 34.3 Å². The molecule has 6 rings (SSSR count). The molecule has 1 atom stereocenters. The Balaban J connectivity index is 1.12. The largest absolute Gasteiger partial charge is 0.356 e. The Hall–Kier alpha value is -3.75. The molecule has 206 valence electrons. The number of fused-ring (bicyclic) bond motifs is 1. The van der Waals surface area contributed by atoms with E-state index >= 15 is 0 Å². The minimum Gasteiger partial charge on any atom is -0.356 e. The van der Waals surface area contributed by atoms with Crippen LogP contribution < -0.4 is 5.32 Å². The van der Waals surface area contributed by atoms with Gasteiger partial charge in [-0.05, 0) is 73.1 Å². The van der Waals surface area contributed by atoms with Crippen molar-refractivity contribution in [1.82, 2.24) is 25.0 Å². The molecular weight excluding hydrogens is 526 g/mol. The van der Waals surface area contributed by atoms with Crippen molar-refractivity contribution in [1.29, 1.82) is 0 Å². The molecular formula is C31H32ClN5O3. The molecule has 0 spiro atoms. The molecule has 2 aromatic carbocycles.